The largest absolute Gasteiger partial charge is 0.491 e. The van der Waals surface area contributed by atoms with Crippen molar-refractivity contribution in [3.8, 4) is 5.75 Å². The molecule has 3 rings (SSSR count). The summed E-state index contributed by atoms with van der Waals surface area (Å²) < 4.78 is 11.2. The standard InChI is InChI=1S/C20H23N3O2.HI/c1-21-20(22-12-11-17-8-5-14-24-17)23-13-15-25-19-10-4-7-16-6-2-3-9-18(16)19;/h2-10,14H,11-13,15H2,1H3,(H2,21,22,23);1H. The van der Waals surface area contributed by atoms with Crippen LogP contribution in [0.15, 0.2) is 70.3 Å². The normalized spacial score (nSPS) is 11.0. The van der Waals surface area contributed by atoms with Crippen molar-refractivity contribution in [1.29, 1.82) is 0 Å². The molecule has 0 bridgehead atoms. The molecule has 5 nitrogen and oxygen atoms in total. The summed E-state index contributed by atoms with van der Waals surface area (Å²) in [5.74, 6) is 2.62. The Morgan fingerprint density at radius 2 is 1.81 bits per heavy atom. The maximum Gasteiger partial charge on any atom is 0.191 e. The van der Waals surface area contributed by atoms with Gasteiger partial charge in [-0.3, -0.25) is 4.99 Å². The zero-order valence-corrected chi connectivity index (χ0v) is 17.1. The average molecular weight is 465 g/mol. The fourth-order valence-electron chi connectivity index (χ4n) is 2.63. The van der Waals surface area contributed by atoms with E-state index in [-0.39, 0.29) is 24.0 Å². The van der Waals surface area contributed by atoms with Crippen molar-refractivity contribution in [2.45, 2.75) is 6.42 Å². The minimum atomic E-state index is 0. The molecule has 26 heavy (non-hydrogen) atoms. The van der Waals surface area contributed by atoms with E-state index < -0.39 is 0 Å². The summed E-state index contributed by atoms with van der Waals surface area (Å²) in [7, 11) is 1.76. The Kier molecular flexibility index (Phi) is 8.27. The van der Waals surface area contributed by atoms with Crippen molar-refractivity contribution in [1.82, 2.24) is 10.6 Å². The van der Waals surface area contributed by atoms with Crippen LogP contribution in [0.1, 0.15) is 5.76 Å². The Bertz CT molecular complexity index is 814. The molecule has 0 amide bonds. The van der Waals surface area contributed by atoms with Gasteiger partial charge in [-0.15, -0.1) is 24.0 Å². The van der Waals surface area contributed by atoms with E-state index in [1.165, 1.54) is 5.39 Å². The number of nitrogens with zero attached hydrogens (tertiary/aromatic N) is 1. The van der Waals surface area contributed by atoms with Gasteiger partial charge in [0.1, 0.15) is 18.1 Å². The van der Waals surface area contributed by atoms with Gasteiger partial charge in [-0.25, -0.2) is 0 Å². The molecule has 1 aromatic heterocycles. The van der Waals surface area contributed by atoms with Crippen LogP contribution in [0.2, 0.25) is 0 Å². The molecule has 0 fully saturated rings. The van der Waals surface area contributed by atoms with E-state index in [1.807, 2.05) is 36.4 Å². The van der Waals surface area contributed by atoms with Gasteiger partial charge in [0.15, 0.2) is 5.96 Å². The lowest BCUT2D eigenvalue weighted by molar-refractivity contribution is 0.325. The second-order valence-electron chi connectivity index (χ2n) is 5.58. The van der Waals surface area contributed by atoms with Gasteiger partial charge in [-0.1, -0.05) is 36.4 Å². The molecule has 2 N–H and O–H groups in total. The third-order valence-electron chi connectivity index (χ3n) is 3.87. The second kappa shape index (κ2) is 10.7. The van der Waals surface area contributed by atoms with Crippen LogP contribution >= 0.6 is 24.0 Å². The highest BCUT2D eigenvalue weighted by Crippen LogP contribution is 2.24. The molecule has 0 saturated heterocycles. The molecule has 0 aliphatic carbocycles. The van der Waals surface area contributed by atoms with Crippen molar-refractivity contribution in [2.24, 2.45) is 4.99 Å². The van der Waals surface area contributed by atoms with Gasteiger partial charge in [0, 0.05) is 25.4 Å². The van der Waals surface area contributed by atoms with Gasteiger partial charge in [0.25, 0.3) is 0 Å². The lowest BCUT2D eigenvalue weighted by Gasteiger charge is -2.13. The Morgan fingerprint density at radius 1 is 1.00 bits per heavy atom. The van der Waals surface area contributed by atoms with Crippen LogP contribution < -0.4 is 15.4 Å². The van der Waals surface area contributed by atoms with E-state index in [0.717, 1.165) is 35.8 Å². The van der Waals surface area contributed by atoms with Gasteiger partial charge in [0.05, 0.1) is 12.8 Å². The monoisotopic (exact) mass is 465 g/mol. The number of aliphatic imine (C=N–C) groups is 1. The summed E-state index contributed by atoms with van der Waals surface area (Å²) in [5, 5.41) is 8.82. The number of benzene rings is 2. The molecule has 6 heteroatoms. The molecule has 0 saturated carbocycles. The highest BCUT2D eigenvalue weighted by atomic mass is 127. The molecular weight excluding hydrogens is 441 g/mol. The van der Waals surface area contributed by atoms with Crippen molar-refractivity contribution in [3.05, 3.63) is 66.6 Å². The number of furan rings is 1. The van der Waals surface area contributed by atoms with E-state index in [2.05, 4.69) is 33.8 Å². The van der Waals surface area contributed by atoms with E-state index in [0.29, 0.717) is 13.2 Å². The number of guanidine groups is 1. The second-order valence-corrected chi connectivity index (χ2v) is 5.58. The van der Waals surface area contributed by atoms with Gasteiger partial charge in [-0.05, 0) is 23.6 Å². The number of nitrogens with one attached hydrogen (secondary N) is 2. The Hall–Kier alpha value is -2.22. The summed E-state index contributed by atoms with van der Waals surface area (Å²) in [6.07, 6.45) is 2.51. The number of hydrogen-bond acceptors (Lipinski definition) is 3. The molecule has 0 unspecified atom stereocenters. The maximum atomic E-state index is 5.92. The number of fused-ring (bicyclic) bond motifs is 1. The molecule has 0 radical (unpaired) electrons. The predicted octanol–water partition coefficient (Wildman–Crippen LogP) is 3.84. The first-order valence-corrected chi connectivity index (χ1v) is 8.44. The lowest BCUT2D eigenvalue weighted by Crippen LogP contribution is -2.40. The molecule has 2 aromatic carbocycles. The van der Waals surface area contributed by atoms with E-state index in [1.54, 1.807) is 13.3 Å². The van der Waals surface area contributed by atoms with Gasteiger partial charge < -0.3 is 19.8 Å². The van der Waals surface area contributed by atoms with Gasteiger partial charge in [0.2, 0.25) is 0 Å². The molecule has 138 valence electrons. The van der Waals surface area contributed by atoms with Crippen molar-refractivity contribution in [3.63, 3.8) is 0 Å². The number of hydrogen-bond donors (Lipinski definition) is 2. The highest BCUT2D eigenvalue weighted by Gasteiger charge is 2.02. The van der Waals surface area contributed by atoms with E-state index >= 15 is 0 Å². The van der Waals surface area contributed by atoms with Crippen LogP contribution in [0.3, 0.4) is 0 Å². The average Bonchev–Trinajstić information content (AvgIpc) is 3.17. The van der Waals surface area contributed by atoms with Crippen LogP contribution in [0.25, 0.3) is 10.8 Å². The topological polar surface area (TPSA) is 58.8 Å². The fourth-order valence-corrected chi connectivity index (χ4v) is 2.63. The summed E-state index contributed by atoms with van der Waals surface area (Å²) in [6, 6.07) is 18.2. The van der Waals surface area contributed by atoms with Crippen LogP contribution in [0, 0.1) is 0 Å². The zero-order chi connectivity index (χ0) is 17.3. The SMILES string of the molecule is CN=C(NCCOc1cccc2ccccc12)NCCc1ccco1.I. The van der Waals surface area contributed by atoms with Crippen LogP contribution in [-0.4, -0.2) is 32.7 Å². The van der Waals surface area contributed by atoms with Crippen LogP contribution in [0.5, 0.6) is 5.75 Å². The van der Waals surface area contributed by atoms with Gasteiger partial charge in [-0.2, -0.15) is 0 Å². The number of halogens is 1. The molecule has 1 heterocycles. The zero-order valence-electron chi connectivity index (χ0n) is 14.8. The number of rotatable bonds is 7. The fraction of sp³-hybridized carbons (Fsp3) is 0.250. The summed E-state index contributed by atoms with van der Waals surface area (Å²) in [4.78, 5) is 4.21. The Labute approximate surface area is 170 Å². The van der Waals surface area contributed by atoms with E-state index in [4.69, 9.17) is 9.15 Å². The van der Waals surface area contributed by atoms with Gasteiger partial charge >= 0.3 is 0 Å². The summed E-state index contributed by atoms with van der Waals surface area (Å²) in [6.45, 7) is 1.99. The number of ether oxygens (including phenoxy) is 1. The lowest BCUT2D eigenvalue weighted by atomic mass is 10.1. The van der Waals surface area contributed by atoms with Crippen LogP contribution in [-0.2, 0) is 6.42 Å². The minimum Gasteiger partial charge on any atom is -0.491 e. The summed E-state index contributed by atoms with van der Waals surface area (Å²) in [5.41, 5.74) is 0. The van der Waals surface area contributed by atoms with Crippen molar-refractivity contribution in [2.75, 3.05) is 26.7 Å². The first-order chi connectivity index (χ1) is 12.4. The Morgan fingerprint density at radius 3 is 2.62 bits per heavy atom. The van der Waals surface area contributed by atoms with Crippen LogP contribution in [0.4, 0.5) is 0 Å². The maximum absolute atomic E-state index is 5.92. The minimum absolute atomic E-state index is 0. The predicted molar refractivity (Wildman–Crippen MR) is 117 cm³/mol. The first kappa shape index (κ1) is 20.1. The van der Waals surface area contributed by atoms with E-state index in [9.17, 15) is 0 Å². The molecule has 3 aromatic rings. The molecule has 0 atom stereocenters. The van der Waals surface area contributed by atoms with Crippen molar-refractivity contribution >= 4 is 40.7 Å². The summed E-state index contributed by atoms with van der Waals surface area (Å²) >= 11 is 0. The molecule has 0 aliphatic rings. The Balaban J connectivity index is 0.00000243. The van der Waals surface area contributed by atoms with Crippen molar-refractivity contribution < 1.29 is 9.15 Å². The quantitative estimate of drug-likeness (QED) is 0.241. The third kappa shape index (κ3) is 5.66. The molecular formula is C20H24IN3O2. The molecule has 0 spiro atoms. The molecule has 0 aliphatic heterocycles. The highest BCUT2D eigenvalue weighted by molar-refractivity contribution is 14.0. The first-order valence-electron chi connectivity index (χ1n) is 8.44. The third-order valence-corrected chi connectivity index (χ3v) is 3.87. The smallest absolute Gasteiger partial charge is 0.191 e.